The Labute approximate surface area is 92.0 Å². The van der Waals surface area contributed by atoms with Gasteiger partial charge in [-0.25, -0.2) is 0 Å². The molecular weight excluding hydrogens is 192 g/mol. The van der Waals surface area contributed by atoms with Gasteiger partial charge < -0.3 is 16.6 Å². The highest BCUT2D eigenvalue weighted by molar-refractivity contribution is 5.78. The summed E-state index contributed by atoms with van der Waals surface area (Å²) in [4.78, 5) is 11.1. The van der Waals surface area contributed by atoms with Gasteiger partial charge in [0.2, 0.25) is 0 Å². The van der Waals surface area contributed by atoms with E-state index in [0.717, 1.165) is 32.1 Å². The molecule has 0 amide bonds. The summed E-state index contributed by atoms with van der Waals surface area (Å²) in [5, 5.41) is 9.07. The second-order valence-electron chi connectivity index (χ2n) is 4.16. The fourth-order valence-corrected chi connectivity index (χ4v) is 1.61. The molecule has 90 valence electrons. The first-order valence-electron chi connectivity index (χ1n) is 5.79. The molecular formula is C11H24N2O2. The normalized spacial score (nSPS) is 14.9. The van der Waals surface area contributed by atoms with Gasteiger partial charge in [0.25, 0.3) is 0 Å². The van der Waals surface area contributed by atoms with E-state index in [2.05, 4.69) is 6.92 Å². The minimum absolute atomic E-state index is 0.531. The smallest absolute Gasteiger partial charge is 0.323 e. The first-order valence-corrected chi connectivity index (χ1v) is 5.79. The van der Waals surface area contributed by atoms with Gasteiger partial charge in [-0.05, 0) is 32.2 Å². The van der Waals surface area contributed by atoms with Crippen LogP contribution in [0.2, 0.25) is 0 Å². The SMILES string of the molecule is CCCCC[C@](N)(CCCCN)C(=O)O. The highest BCUT2D eigenvalue weighted by atomic mass is 16.4. The standard InChI is InChI=1S/C11H24N2O2/c1-2-3-4-7-11(13,10(14)15)8-5-6-9-12/h2-9,12-13H2,1H3,(H,14,15)/t11-/m0/s1. The lowest BCUT2D eigenvalue weighted by Crippen LogP contribution is -2.47. The van der Waals surface area contributed by atoms with Crippen LogP contribution in [0, 0.1) is 0 Å². The molecule has 0 saturated carbocycles. The molecule has 0 aromatic heterocycles. The molecule has 0 aromatic carbocycles. The minimum Gasteiger partial charge on any atom is -0.480 e. The molecule has 0 aliphatic carbocycles. The summed E-state index contributed by atoms with van der Waals surface area (Å²) >= 11 is 0. The molecule has 0 fully saturated rings. The third kappa shape index (κ3) is 5.74. The Morgan fingerprint density at radius 2 is 1.73 bits per heavy atom. The topological polar surface area (TPSA) is 89.3 Å². The number of carboxylic acids is 1. The number of aliphatic carboxylic acids is 1. The van der Waals surface area contributed by atoms with Crippen LogP contribution in [0.1, 0.15) is 51.9 Å². The van der Waals surface area contributed by atoms with Gasteiger partial charge in [0.15, 0.2) is 0 Å². The van der Waals surface area contributed by atoms with Crippen molar-refractivity contribution in [3.05, 3.63) is 0 Å². The van der Waals surface area contributed by atoms with Crippen LogP contribution < -0.4 is 11.5 Å². The van der Waals surface area contributed by atoms with Gasteiger partial charge in [-0.1, -0.05) is 26.2 Å². The van der Waals surface area contributed by atoms with Crippen molar-refractivity contribution in [3.8, 4) is 0 Å². The number of unbranched alkanes of at least 4 members (excludes halogenated alkanes) is 3. The summed E-state index contributed by atoms with van der Waals surface area (Å²) in [6.45, 7) is 2.69. The van der Waals surface area contributed by atoms with E-state index in [-0.39, 0.29) is 0 Å². The van der Waals surface area contributed by atoms with Crippen molar-refractivity contribution in [2.75, 3.05) is 6.54 Å². The summed E-state index contributed by atoms with van der Waals surface area (Å²) in [7, 11) is 0. The molecule has 5 N–H and O–H groups in total. The molecule has 4 nitrogen and oxygen atoms in total. The van der Waals surface area contributed by atoms with Crippen molar-refractivity contribution in [1.29, 1.82) is 0 Å². The lowest BCUT2D eigenvalue weighted by Gasteiger charge is -2.24. The Hall–Kier alpha value is -0.610. The average Bonchev–Trinajstić information content (AvgIpc) is 2.18. The molecule has 0 aliphatic rings. The summed E-state index contributed by atoms with van der Waals surface area (Å²) in [5.41, 5.74) is 10.2. The van der Waals surface area contributed by atoms with Gasteiger partial charge in [0.1, 0.15) is 5.54 Å². The zero-order valence-electron chi connectivity index (χ0n) is 9.67. The molecule has 0 aromatic rings. The third-order valence-corrected chi connectivity index (χ3v) is 2.73. The third-order valence-electron chi connectivity index (χ3n) is 2.73. The Bertz CT molecular complexity index is 173. The fourth-order valence-electron chi connectivity index (χ4n) is 1.61. The first-order chi connectivity index (χ1) is 7.06. The van der Waals surface area contributed by atoms with Crippen LogP contribution in [-0.4, -0.2) is 23.2 Å². The molecule has 15 heavy (non-hydrogen) atoms. The zero-order chi connectivity index (χ0) is 11.7. The number of rotatable bonds is 9. The van der Waals surface area contributed by atoms with E-state index in [1.807, 2.05) is 0 Å². The van der Waals surface area contributed by atoms with Crippen molar-refractivity contribution in [3.63, 3.8) is 0 Å². The Kier molecular flexibility index (Phi) is 7.34. The lowest BCUT2D eigenvalue weighted by molar-refractivity contribution is -0.144. The maximum absolute atomic E-state index is 11.1. The van der Waals surface area contributed by atoms with Crippen molar-refractivity contribution in [1.82, 2.24) is 0 Å². The van der Waals surface area contributed by atoms with E-state index < -0.39 is 11.5 Å². The number of carbonyl (C=O) groups is 1. The predicted molar refractivity (Wildman–Crippen MR) is 61.6 cm³/mol. The number of hydrogen-bond acceptors (Lipinski definition) is 3. The van der Waals surface area contributed by atoms with E-state index in [9.17, 15) is 4.79 Å². The van der Waals surface area contributed by atoms with Crippen LogP contribution in [-0.2, 0) is 4.79 Å². The number of nitrogens with two attached hydrogens (primary N) is 2. The summed E-state index contributed by atoms with van der Waals surface area (Å²) in [5.74, 6) is -0.879. The number of carboxylic acid groups (broad SMARTS) is 1. The molecule has 0 unspecified atom stereocenters. The molecule has 4 heteroatoms. The molecule has 0 saturated heterocycles. The van der Waals surface area contributed by atoms with Gasteiger partial charge >= 0.3 is 5.97 Å². The van der Waals surface area contributed by atoms with E-state index in [1.54, 1.807) is 0 Å². The van der Waals surface area contributed by atoms with Gasteiger partial charge in [0, 0.05) is 0 Å². The van der Waals surface area contributed by atoms with E-state index in [0.29, 0.717) is 19.4 Å². The molecule has 0 heterocycles. The Morgan fingerprint density at radius 3 is 2.13 bits per heavy atom. The molecule has 0 bridgehead atoms. The molecule has 1 atom stereocenters. The van der Waals surface area contributed by atoms with Crippen molar-refractivity contribution in [2.24, 2.45) is 11.5 Å². The summed E-state index contributed by atoms with van der Waals surface area (Å²) < 4.78 is 0. The van der Waals surface area contributed by atoms with Gasteiger partial charge in [-0.3, -0.25) is 4.79 Å². The monoisotopic (exact) mass is 216 g/mol. The van der Waals surface area contributed by atoms with Gasteiger partial charge in [-0.15, -0.1) is 0 Å². The van der Waals surface area contributed by atoms with E-state index in [1.165, 1.54) is 0 Å². The van der Waals surface area contributed by atoms with Crippen LogP contribution in [0.5, 0.6) is 0 Å². The maximum Gasteiger partial charge on any atom is 0.323 e. The van der Waals surface area contributed by atoms with Crippen molar-refractivity contribution < 1.29 is 9.90 Å². The molecule has 0 radical (unpaired) electrons. The van der Waals surface area contributed by atoms with Crippen LogP contribution in [0.15, 0.2) is 0 Å². The average molecular weight is 216 g/mol. The van der Waals surface area contributed by atoms with Crippen LogP contribution >= 0.6 is 0 Å². The van der Waals surface area contributed by atoms with Crippen LogP contribution in [0.25, 0.3) is 0 Å². The van der Waals surface area contributed by atoms with Crippen LogP contribution in [0.4, 0.5) is 0 Å². The fraction of sp³-hybridized carbons (Fsp3) is 0.909. The van der Waals surface area contributed by atoms with Crippen molar-refractivity contribution in [2.45, 2.75) is 57.4 Å². The summed E-state index contributed by atoms with van der Waals surface area (Å²) in [6.07, 6.45) is 5.76. The predicted octanol–water partition coefficient (Wildman–Crippen LogP) is 1.48. The molecule has 0 aliphatic heterocycles. The first kappa shape index (κ1) is 14.4. The van der Waals surface area contributed by atoms with E-state index in [4.69, 9.17) is 16.6 Å². The Balaban J connectivity index is 4.01. The van der Waals surface area contributed by atoms with Crippen molar-refractivity contribution >= 4 is 5.97 Å². The second-order valence-corrected chi connectivity index (χ2v) is 4.16. The molecule has 0 spiro atoms. The van der Waals surface area contributed by atoms with Crippen LogP contribution in [0.3, 0.4) is 0 Å². The maximum atomic E-state index is 11.1. The minimum atomic E-state index is -1.04. The molecule has 0 rings (SSSR count). The Morgan fingerprint density at radius 1 is 1.20 bits per heavy atom. The largest absolute Gasteiger partial charge is 0.480 e. The highest BCUT2D eigenvalue weighted by Gasteiger charge is 2.32. The van der Waals surface area contributed by atoms with Gasteiger partial charge in [-0.2, -0.15) is 0 Å². The number of hydrogen-bond donors (Lipinski definition) is 3. The summed E-state index contributed by atoms with van der Waals surface area (Å²) in [6, 6.07) is 0. The lowest BCUT2D eigenvalue weighted by atomic mass is 9.88. The quantitative estimate of drug-likeness (QED) is 0.509. The second kappa shape index (κ2) is 7.65. The zero-order valence-corrected chi connectivity index (χ0v) is 9.67. The van der Waals surface area contributed by atoms with E-state index >= 15 is 0 Å². The highest BCUT2D eigenvalue weighted by Crippen LogP contribution is 2.19. The van der Waals surface area contributed by atoms with Gasteiger partial charge in [0.05, 0.1) is 0 Å².